The SMILES string of the molecule is O=CC1=CC(F)C(=O)C=C1. The first-order valence-corrected chi connectivity index (χ1v) is 2.77. The number of rotatable bonds is 1. The van der Waals surface area contributed by atoms with Gasteiger partial charge in [0.25, 0.3) is 0 Å². The van der Waals surface area contributed by atoms with Gasteiger partial charge >= 0.3 is 0 Å². The van der Waals surface area contributed by atoms with Gasteiger partial charge in [-0.25, -0.2) is 4.39 Å². The topological polar surface area (TPSA) is 34.1 Å². The molecule has 52 valence electrons. The highest BCUT2D eigenvalue weighted by atomic mass is 19.1. The molecule has 0 spiro atoms. The zero-order valence-corrected chi connectivity index (χ0v) is 5.08. The fourth-order valence-corrected chi connectivity index (χ4v) is 0.656. The van der Waals surface area contributed by atoms with Crippen molar-refractivity contribution in [1.29, 1.82) is 0 Å². The summed E-state index contributed by atoms with van der Waals surface area (Å²) in [5.41, 5.74) is 0.215. The van der Waals surface area contributed by atoms with E-state index in [1.165, 1.54) is 6.08 Å². The molecule has 1 rings (SSSR count). The van der Waals surface area contributed by atoms with Gasteiger partial charge < -0.3 is 0 Å². The van der Waals surface area contributed by atoms with Crippen LogP contribution in [-0.2, 0) is 9.59 Å². The van der Waals surface area contributed by atoms with Gasteiger partial charge in [0.2, 0.25) is 0 Å². The second kappa shape index (κ2) is 2.56. The van der Waals surface area contributed by atoms with E-state index in [9.17, 15) is 14.0 Å². The maximum absolute atomic E-state index is 12.4. The third-order valence-corrected chi connectivity index (χ3v) is 1.19. The molecule has 1 atom stereocenters. The summed E-state index contributed by atoms with van der Waals surface area (Å²) in [4.78, 5) is 20.4. The molecule has 0 radical (unpaired) electrons. The van der Waals surface area contributed by atoms with Gasteiger partial charge in [0.15, 0.2) is 12.0 Å². The number of halogens is 1. The maximum atomic E-state index is 12.4. The number of ketones is 1. The molecule has 1 aliphatic rings. The number of allylic oxidation sites excluding steroid dienone is 4. The molecule has 0 aromatic rings. The van der Waals surface area contributed by atoms with Crippen LogP contribution in [0.25, 0.3) is 0 Å². The summed E-state index contributed by atoms with van der Waals surface area (Å²) >= 11 is 0. The number of hydrogen-bond donors (Lipinski definition) is 0. The van der Waals surface area contributed by atoms with Crippen LogP contribution >= 0.6 is 0 Å². The van der Waals surface area contributed by atoms with E-state index in [0.29, 0.717) is 6.29 Å². The second-order valence-corrected chi connectivity index (χ2v) is 1.92. The summed E-state index contributed by atoms with van der Waals surface area (Å²) in [6.07, 6.45) is 2.23. The molecule has 0 aromatic carbocycles. The first kappa shape index (κ1) is 6.86. The number of carbonyl (C=O) groups excluding carboxylic acids is 2. The maximum Gasteiger partial charge on any atom is 0.193 e. The minimum Gasteiger partial charge on any atom is -0.298 e. The molecule has 0 N–H and O–H groups in total. The summed E-state index contributed by atoms with van der Waals surface area (Å²) in [7, 11) is 0. The number of aldehydes is 1. The van der Waals surface area contributed by atoms with E-state index in [1.54, 1.807) is 0 Å². The van der Waals surface area contributed by atoms with Crippen LogP contribution in [0.3, 0.4) is 0 Å². The Morgan fingerprint density at radius 2 is 2.20 bits per heavy atom. The molecule has 0 bridgehead atoms. The van der Waals surface area contributed by atoms with Gasteiger partial charge in [-0.15, -0.1) is 0 Å². The number of alkyl halides is 1. The molecule has 0 aliphatic heterocycles. The van der Waals surface area contributed by atoms with Crippen LogP contribution in [0.5, 0.6) is 0 Å². The third kappa shape index (κ3) is 1.18. The van der Waals surface area contributed by atoms with E-state index in [0.717, 1.165) is 12.2 Å². The van der Waals surface area contributed by atoms with E-state index in [1.807, 2.05) is 0 Å². The normalized spacial score (nSPS) is 24.3. The minimum atomic E-state index is -1.63. The summed E-state index contributed by atoms with van der Waals surface area (Å²) in [6, 6.07) is 0. The Bertz CT molecular complexity index is 228. The lowest BCUT2D eigenvalue weighted by Crippen LogP contribution is -2.13. The molecule has 0 heterocycles. The van der Waals surface area contributed by atoms with Crippen molar-refractivity contribution in [2.24, 2.45) is 0 Å². The summed E-state index contributed by atoms with van der Waals surface area (Å²) in [6.45, 7) is 0. The first-order chi connectivity index (χ1) is 4.74. The summed E-state index contributed by atoms with van der Waals surface area (Å²) in [5.74, 6) is -0.606. The molecule has 3 heteroatoms. The van der Waals surface area contributed by atoms with Crippen LogP contribution in [0.2, 0.25) is 0 Å². The Kier molecular flexibility index (Phi) is 1.76. The monoisotopic (exact) mass is 140 g/mol. The lowest BCUT2D eigenvalue weighted by molar-refractivity contribution is -0.117. The van der Waals surface area contributed by atoms with Crippen molar-refractivity contribution >= 4 is 12.1 Å². The third-order valence-electron chi connectivity index (χ3n) is 1.19. The lowest BCUT2D eigenvalue weighted by atomic mass is 10.1. The molecule has 10 heavy (non-hydrogen) atoms. The number of carbonyl (C=O) groups is 2. The standard InChI is InChI=1S/C7H5FO2/c8-6-3-5(4-9)1-2-7(6)10/h1-4,6H. The predicted octanol–water partition coefficient (Wildman–Crippen LogP) is 0.589. The van der Waals surface area contributed by atoms with Crippen LogP contribution in [0.4, 0.5) is 4.39 Å². The smallest absolute Gasteiger partial charge is 0.193 e. The Hall–Kier alpha value is -1.25. The van der Waals surface area contributed by atoms with Crippen molar-refractivity contribution in [1.82, 2.24) is 0 Å². The van der Waals surface area contributed by atoms with Gasteiger partial charge in [0.1, 0.15) is 6.29 Å². The molecular weight excluding hydrogens is 135 g/mol. The average molecular weight is 140 g/mol. The fraction of sp³-hybridized carbons (Fsp3) is 0.143. The van der Waals surface area contributed by atoms with E-state index in [4.69, 9.17) is 0 Å². The molecule has 2 nitrogen and oxygen atoms in total. The zero-order valence-electron chi connectivity index (χ0n) is 5.08. The highest BCUT2D eigenvalue weighted by molar-refractivity contribution is 5.99. The van der Waals surface area contributed by atoms with Gasteiger partial charge in [-0.2, -0.15) is 0 Å². The van der Waals surface area contributed by atoms with Crippen LogP contribution in [0, 0.1) is 0 Å². The van der Waals surface area contributed by atoms with Gasteiger partial charge in [0.05, 0.1) is 0 Å². The molecule has 1 unspecified atom stereocenters. The van der Waals surface area contributed by atoms with Crippen LogP contribution in [0.1, 0.15) is 0 Å². The molecular formula is C7H5FO2. The Morgan fingerprint density at radius 1 is 1.50 bits per heavy atom. The lowest BCUT2D eigenvalue weighted by Gasteiger charge is -2.02. The molecule has 0 amide bonds. The van der Waals surface area contributed by atoms with Crippen LogP contribution in [0.15, 0.2) is 23.8 Å². The number of hydrogen-bond acceptors (Lipinski definition) is 2. The highest BCUT2D eigenvalue weighted by Crippen LogP contribution is 2.08. The van der Waals surface area contributed by atoms with Gasteiger partial charge in [-0.05, 0) is 18.2 Å². The highest BCUT2D eigenvalue weighted by Gasteiger charge is 2.15. The molecule has 0 saturated heterocycles. The second-order valence-electron chi connectivity index (χ2n) is 1.92. The minimum absolute atomic E-state index is 0.215. The first-order valence-electron chi connectivity index (χ1n) is 2.77. The van der Waals surface area contributed by atoms with E-state index in [2.05, 4.69) is 0 Å². The zero-order chi connectivity index (χ0) is 7.56. The average Bonchev–Trinajstić information content (AvgIpc) is 1.95. The summed E-state index contributed by atoms with van der Waals surface area (Å²) < 4.78 is 12.4. The van der Waals surface area contributed by atoms with Crippen molar-refractivity contribution in [2.45, 2.75) is 6.17 Å². The molecule has 0 saturated carbocycles. The fourth-order valence-electron chi connectivity index (χ4n) is 0.656. The van der Waals surface area contributed by atoms with E-state index < -0.39 is 12.0 Å². The Morgan fingerprint density at radius 3 is 2.70 bits per heavy atom. The Labute approximate surface area is 57.0 Å². The largest absolute Gasteiger partial charge is 0.298 e. The Balaban J connectivity index is 2.85. The molecule has 0 fully saturated rings. The van der Waals surface area contributed by atoms with Crippen molar-refractivity contribution < 1.29 is 14.0 Å². The van der Waals surface area contributed by atoms with Crippen molar-refractivity contribution in [3.8, 4) is 0 Å². The van der Waals surface area contributed by atoms with Crippen LogP contribution < -0.4 is 0 Å². The molecule has 1 aliphatic carbocycles. The predicted molar refractivity (Wildman–Crippen MR) is 33.2 cm³/mol. The van der Waals surface area contributed by atoms with E-state index in [-0.39, 0.29) is 5.57 Å². The quantitative estimate of drug-likeness (QED) is 0.499. The van der Waals surface area contributed by atoms with Gasteiger partial charge in [-0.3, -0.25) is 9.59 Å². The van der Waals surface area contributed by atoms with Gasteiger partial charge in [-0.1, -0.05) is 0 Å². The van der Waals surface area contributed by atoms with Crippen molar-refractivity contribution in [3.63, 3.8) is 0 Å². The summed E-state index contributed by atoms with van der Waals surface area (Å²) in [5, 5.41) is 0. The van der Waals surface area contributed by atoms with Crippen molar-refractivity contribution in [2.75, 3.05) is 0 Å². The van der Waals surface area contributed by atoms with Crippen LogP contribution in [-0.4, -0.2) is 18.2 Å². The molecule has 0 aromatic heterocycles. The van der Waals surface area contributed by atoms with Gasteiger partial charge in [0, 0.05) is 5.57 Å². The van der Waals surface area contributed by atoms with Crippen molar-refractivity contribution in [3.05, 3.63) is 23.8 Å². The van der Waals surface area contributed by atoms with E-state index >= 15 is 0 Å².